The highest BCUT2D eigenvalue weighted by Crippen LogP contribution is 2.27. The third kappa shape index (κ3) is 6.64. The van der Waals surface area contributed by atoms with Crippen LogP contribution >= 0.6 is 0 Å². The molecule has 0 aromatic heterocycles. The van der Waals surface area contributed by atoms with Crippen LogP contribution < -0.4 is 15.4 Å². The third-order valence-corrected chi connectivity index (χ3v) is 4.36. The van der Waals surface area contributed by atoms with Crippen molar-refractivity contribution in [3.8, 4) is 5.75 Å². The number of anilines is 1. The van der Waals surface area contributed by atoms with Gasteiger partial charge in [0.1, 0.15) is 5.75 Å². The van der Waals surface area contributed by atoms with E-state index >= 15 is 0 Å². The van der Waals surface area contributed by atoms with Crippen LogP contribution in [0.1, 0.15) is 36.1 Å². The molecule has 7 nitrogen and oxygen atoms in total. The number of esters is 1. The van der Waals surface area contributed by atoms with Crippen LogP contribution in [0.4, 0.5) is 5.69 Å². The molecule has 0 aliphatic rings. The summed E-state index contributed by atoms with van der Waals surface area (Å²) >= 11 is 0. The van der Waals surface area contributed by atoms with Crippen molar-refractivity contribution in [3.05, 3.63) is 59.2 Å². The molecule has 0 radical (unpaired) electrons. The fraction of sp³-hybridized carbons (Fsp3) is 0.318. The molecule has 0 saturated heterocycles. The van der Waals surface area contributed by atoms with Gasteiger partial charge in [-0.3, -0.25) is 14.4 Å². The van der Waals surface area contributed by atoms with E-state index in [2.05, 4.69) is 15.4 Å². The number of methoxy groups -OCH3 is 2. The number of carbonyl (C=O) groups is 3. The molecule has 0 aliphatic heterocycles. The first-order valence-corrected chi connectivity index (χ1v) is 9.19. The van der Waals surface area contributed by atoms with Crippen molar-refractivity contribution >= 4 is 23.5 Å². The molecule has 0 aliphatic carbocycles. The molecule has 0 fully saturated rings. The summed E-state index contributed by atoms with van der Waals surface area (Å²) in [6, 6.07) is 12.3. The quantitative estimate of drug-likeness (QED) is 0.667. The summed E-state index contributed by atoms with van der Waals surface area (Å²) in [7, 11) is 2.81. The first kappa shape index (κ1) is 21.9. The molecule has 2 aromatic rings. The number of carbonyl (C=O) groups excluding carboxylic acids is 3. The van der Waals surface area contributed by atoms with Crippen LogP contribution in [0.3, 0.4) is 0 Å². The fourth-order valence-corrected chi connectivity index (χ4v) is 2.87. The maximum atomic E-state index is 12.6. The van der Waals surface area contributed by atoms with E-state index in [1.165, 1.54) is 21.1 Å². The summed E-state index contributed by atoms with van der Waals surface area (Å²) in [4.78, 5) is 35.7. The van der Waals surface area contributed by atoms with Crippen molar-refractivity contribution in [2.75, 3.05) is 19.5 Å². The number of amides is 2. The van der Waals surface area contributed by atoms with Gasteiger partial charge in [0.15, 0.2) is 0 Å². The van der Waals surface area contributed by atoms with E-state index in [0.29, 0.717) is 17.0 Å². The van der Waals surface area contributed by atoms with Gasteiger partial charge in [0.25, 0.3) is 0 Å². The van der Waals surface area contributed by atoms with Gasteiger partial charge >= 0.3 is 5.97 Å². The second-order valence-corrected chi connectivity index (χ2v) is 6.70. The minimum atomic E-state index is -0.447. The number of ether oxygens (including phenoxy) is 2. The Labute approximate surface area is 170 Å². The molecule has 0 spiro atoms. The highest BCUT2D eigenvalue weighted by atomic mass is 16.5. The maximum absolute atomic E-state index is 12.6. The normalized spacial score (nSPS) is 11.3. The monoisotopic (exact) mass is 398 g/mol. The second-order valence-electron chi connectivity index (χ2n) is 6.70. The molecule has 2 aromatic carbocycles. The third-order valence-electron chi connectivity index (χ3n) is 4.36. The van der Waals surface area contributed by atoms with Gasteiger partial charge in [-0.25, -0.2) is 0 Å². The predicted octanol–water partition coefficient (Wildman–Crippen LogP) is 2.93. The van der Waals surface area contributed by atoms with E-state index in [4.69, 9.17) is 4.74 Å². The van der Waals surface area contributed by atoms with E-state index in [0.717, 1.165) is 11.1 Å². The molecule has 0 bridgehead atoms. The van der Waals surface area contributed by atoms with Crippen molar-refractivity contribution in [1.29, 1.82) is 0 Å². The number of benzene rings is 2. The van der Waals surface area contributed by atoms with Gasteiger partial charge < -0.3 is 20.1 Å². The summed E-state index contributed by atoms with van der Waals surface area (Å²) in [6.45, 7) is 3.39. The highest BCUT2D eigenvalue weighted by molar-refractivity contribution is 5.93. The Kier molecular flexibility index (Phi) is 7.77. The molecular formula is C22H26N2O5. The zero-order valence-corrected chi connectivity index (χ0v) is 17.1. The highest BCUT2D eigenvalue weighted by Gasteiger charge is 2.18. The lowest BCUT2D eigenvalue weighted by Gasteiger charge is -2.19. The maximum Gasteiger partial charge on any atom is 0.309 e. The van der Waals surface area contributed by atoms with Crippen LogP contribution in [0.2, 0.25) is 0 Å². The minimum Gasteiger partial charge on any atom is -0.495 e. The van der Waals surface area contributed by atoms with Crippen molar-refractivity contribution in [3.63, 3.8) is 0 Å². The van der Waals surface area contributed by atoms with E-state index in [1.54, 1.807) is 18.2 Å². The Morgan fingerprint density at radius 1 is 1.03 bits per heavy atom. The van der Waals surface area contributed by atoms with Gasteiger partial charge in [0.05, 0.1) is 38.8 Å². The molecule has 29 heavy (non-hydrogen) atoms. The van der Waals surface area contributed by atoms with Gasteiger partial charge in [-0.2, -0.15) is 0 Å². The molecule has 154 valence electrons. The Morgan fingerprint density at radius 2 is 1.72 bits per heavy atom. The zero-order valence-electron chi connectivity index (χ0n) is 17.1. The molecule has 1 atom stereocenters. The number of hydrogen-bond acceptors (Lipinski definition) is 5. The van der Waals surface area contributed by atoms with Gasteiger partial charge in [-0.15, -0.1) is 0 Å². The lowest BCUT2D eigenvalue weighted by Crippen LogP contribution is -2.29. The van der Waals surface area contributed by atoms with Crippen molar-refractivity contribution in [1.82, 2.24) is 5.32 Å². The van der Waals surface area contributed by atoms with Crippen molar-refractivity contribution in [2.24, 2.45) is 0 Å². The van der Waals surface area contributed by atoms with Crippen LogP contribution in [-0.2, 0) is 25.5 Å². The van der Waals surface area contributed by atoms with Crippen LogP contribution in [0.15, 0.2) is 42.5 Å². The standard InChI is InChI=1S/C22H26N2O5/c1-14-5-8-17(9-6-14)19(23-15(2)25)13-21(26)24-18-10-7-16(11-20(18)28-3)12-22(27)29-4/h5-11,19H,12-13H2,1-4H3,(H,23,25)(H,24,26). The van der Waals surface area contributed by atoms with Crippen molar-refractivity contribution < 1.29 is 23.9 Å². The van der Waals surface area contributed by atoms with E-state index in [-0.39, 0.29) is 30.6 Å². The molecule has 7 heteroatoms. The Morgan fingerprint density at radius 3 is 2.31 bits per heavy atom. The van der Waals surface area contributed by atoms with Crippen LogP contribution in [-0.4, -0.2) is 32.0 Å². The number of hydrogen-bond donors (Lipinski definition) is 2. The SMILES string of the molecule is COC(=O)Cc1ccc(NC(=O)CC(NC(C)=O)c2ccc(C)cc2)c(OC)c1. The number of rotatable bonds is 8. The fourth-order valence-electron chi connectivity index (χ4n) is 2.87. The molecule has 2 N–H and O–H groups in total. The summed E-state index contributed by atoms with van der Waals surface area (Å²) < 4.78 is 10.00. The number of nitrogens with one attached hydrogen (secondary N) is 2. The number of aryl methyl sites for hydroxylation is 1. The van der Waals surface area contributed by atoms with Crippen LogP contribution in [0, 0.1) is 6.92 Å². The molecule has 1 unspecified atom stereocenters. The van der Waals surface area contributed by atoms with E-state index < -0.39 is 6.04 Å². The van der Waals surface area contributed by atoms with E-state index in [1.807, 2.05) is 31.2 Å². The summed E-state index contributed by atoms with van der Waals surface area (Å²) in [5.41, 5.74) is 3.14. The molecule has 2 amide bonds. The zero-order chi connectivity index (χ0) is 21.4. The summed E-state index contributed by atoms with van der Waals surface area (Å²) in [5.74, 6) is -0.414. The van der Waals surface area contributed by atoms with Gasteiger partial charge in [0.2, 0.25) is 11.8 Å². The van der Waals surface area contributed by atoms with Crippen LogP contribution in [0.25, 0.3) is 0 Å². The Bertz CT molecular complexity index is 877. The Hall–Kier alpha value is -3.35. The first-order valence-electron chi connectivity index (χ1n) is 9.19. The van der Waals surface area contributed by atoms with Crippen molar-refractivity contribution in [2.45, 2.75) is 32.7 Å². The smallest absolute Gasteiger partial charge is 0.309 e. The minimum absolute atomic E-state index is 0.0652. The average molecular weight is 398 g/mol. The second kappa shape index (κ2) is 10.3. The lowest BCUT2D eigenvalue weighted by atomic mass is 10.0. The first-order chi connectivity index (χ1) is 13.8. The molecule has 2 rings (SSSR count). The van der Waals surface area contributed by atoms with Gasteiger partial charge in [0, 0.05) is 6.92 Å². The van der Waals surface area contributed by atoms with Crippen LogP contribution in [0.5, 0.6) is 5.75 Å². The molecule has 0 saturated carbocycles. The predicted molar refractivity (Wildman–Crippen MR) is 110 cm³/mol. The summed E-state index contributed by atoms with van der Waals surface area (Å²) in [5, 5.41) is 5.63. The topological polar surface area (TPSA) is 93.7 Å². The Balaban J connectivity index is 2.13. The average Bonchev–Trinajstić information content (AvgIpc) is 2.68. The van der Waals surface area contributed by atoms with Gasteiger partial charge in [-0.05, 0) is 30.2 Å². The van der Waals surface area contributed by atoms with Gasteiger partial charge in [-0.1, -0.05) is 35.9 Å². The molecular weight excluding hydrogens is 372 g/mol. The largest absolute Gasteiger partial charge is 0.495 e. The lowest BCUT2D eigenvalue weighted by molar-refractivity contribution is -0.139. The van der Waals surface area contributed by atoms with E-state index in [9.17, 15) is 14.4 Å². The molecule has 0 heterocycles. The summed E-state index contributed by atoms with van der Waals surface area (Å²) in [6.07, 6.45) is 0.175.